The predicted octanol–water partition coefficient (Wildman–Crippen LogP) is 1.44. The number of hydrogen-bond acceptors (Lipinski definition) is 7. The van der Waals surface area contributed by atoms with E-state index >= 15 is 0 Å². The van der Waals surface area contributed by atoms with Gasteiger partial charge in [0.1, 0.15) is 18.5 Å². The van der Waals surface area contributed by atoms with Crippen molar-refractivity contribution in [1.82, 2.24) is 10.2 Å². The number of rotatable bonds is 12. The van der Waals surface area contributed by atoms with Gasteiger partial charge in [-0.1, -0.05) is 12.1 Å². The number of hydrogen-bond donors (Lipinski definition) is 2. The van der Waals surface area contributed by atoms with Crippen molar-refractivity contribution in [3.63, 3.8) is 0 Å². The number of likely N-dealkylation sites (tertiary alicyclic amines) is 1. The van der Waals surface area contributed by atoms with Crippen molar-refractivity contribution in [2.75, 3.05) is 53.6 Å². The van der Waals surface area contributed by atoms with Gasteiger partial charge >= 0.3 is 5.97 Å². The summed E-state index contributed by atoms with van der Waals surface area (Å²) in [5, 5.41) is 13.7. The monoisotopic (exact) mass is 394 g/mol. The largest absolute Gasteiger partial charge is 0.491 e. The Kier molecular flexibility index (Phi) is 10.3. The molecule has 0 aromatic heterocycles. The molecular weight excluding hydrogens is 360 g/mol. The van der Waals surface area contributed by atoms with E-state index in [4.69, 9.17) is 14.2 Å². The van der Waals surface area contributed by atoms with Gasteiger partial charge in [-0.3, -0.25) is 4.79 Å². The SMILES string of the molecule is COCCCNCc1cccc(OCC(O)CN2CCC(C(=O)OC)CC2)c1. The first-order valence-electron chi connectivity index (χ1n) is 10.0. The first kappa shape index (κ1) is 22.6. The zero-order valence-corrected chi connectivity index (χ0v) is 17.1. The number of methoxy groups -OCH3 is 2. The van der Waals surface area contributed by atoms with Crippen molar-refractivity contribution < 1.29 is 24.1 Å². The molecule has 1 heterocycles. The van der Waals surface area contributed by atoms with Gasteiger partial charge in [-0.05, 0) is 56.6 Å². The smallest absolute Gasteiger partial charge is 0.308 e. The molecule has 1 saturated heterocycles. The van der Waals surface area contributed by atoms with Crippen LogP contribution in [0.25, 0.3) is 0 Å². The average molecular weight is 395 g/mol. The van der Waals surface area contributed by atoms with E-state index in [0.29, 0.717) is 6.54 Å². The van der Waals surface area contributed by atoms with E-state index in [1.165, 1.54) is 7.11 Å². The highest BCUT2D eigenvalue weighted by atomic mass is 16.5. The van der Waals surface area contributed by atoms with Crippen molar-refractivity contribution in [2.45, 2.75) is 31.9 Å². The minimum absolute atomic E-state index is 0.0134. The molecule has 7 nitrogen and oxygen atoms in total. The average Bonchev–Trinajstić information content (AvgIpc) is 2.72. The summed E-state index contributed by atoms with van der Waals surface area (Å²) in [5.74, 6) is 0.622. The molecule has 0 saturated carbocycles. The van der Waals surface area contributed by atoms with Crippen LogP contribution in [0.1, 0.15) is 24.8 Å². The highest BCUT2D eigenvalue weighted by Gasteiger charge is 2.26. The molecule has 1 fully saturated rings. The van der Waals surface area contributed by atoms with Gasteiger partial charge in [0.2, 0.25) is 0 Å². The first-order chi connectivity index (χ1) is 13.6. The maximum absolute atomic E-state index is 11.6. The summed E-state index contributed by atoms with van der Waals surface area (Å²) < 4.78 is 15.6. The summed E-state index contributed by atoms with van der Waals surface area (Å²) in [4.78, 5) is 13.7. The van der Waals surface area contributed by atoms with Gasteiger partial charge in [-0.25, -0.2) is 0 Å². The minimum atomic E-state index is -0.564. The molecule has 0 bridgehead atoms. The van der Waals surface area contributed by atoms with Crippen LogP contribution in [0.15, 0.2) is 24.3 Å². The van der Waals surface area contributed by atoms with Crippen LogP contribution >= 0.6 is 0 Å². The van der Waals surface area contributed by atoms with Crippen molar-refractivity contribution in [3.8, 4) is 5.75 Å². The minimum Gasteiger partial charge on any atom is -0.491 e. The Morgan fingerprint density at radius 2 is 2.11 bits per heavy atom. The molecule has 2 rings (SSSR count). The van der Waals surface area contributed by atoms with Gasteiger partial charge in [-0.2, -0.15) is 0 Å². The molecular formula is C21H34N2O5. The lowest BCUT2D eigenvalue weighted by atomic mass is 9.97. The number of nitrogens with one attached hydrogen (secondary N) is 1. The zero-order chi connectivity index (χ0) is 20.2. The second-order valence-electron chi connectivity index (χ2n) is 7.23. The molecule has 28 heavy (non-hydrogen) atoms. The zero-order valence-electron chi connectivity index (χ0n) is 17.1. The van der Waals surface area contributed by atoms with Gasteiger partial charge < -0.3 is 29.5 Å². The van der Waals surface area contributed by atoms with E-state index < -0.39 is 6.10 Å². The van der Waals surface area contributed by atoms with E-state index in [9.17, 15) is 9.90 Å². The molecule has 0 amide bonds. The van der Waals surface area contributed by atoms with Crippen molar-refractivity contribution >= 4 is 5.97 Å². The second kappa shape index (κ2) is 12.7. The molecule has 0 aliphatic carbocycles. The number of β-amino-alcohol motifs (C(OH)–C–C–N with tert-alkyl or cyclic N) is 1. The molecule has 0 radical (unpaired) electrons. The Bertz CT molecular complexity index is 576. The quantitative estimate of drug-likeness (QED) is 0.410. The Morgan fingerprint density at radius 3 is 2.82 bits per heavy atom. The fourth-order valence-corrected chi connectivity index (χ4v) is 3.38. The number of aliphatic hydroxyl groups is 1. The first-order valence-corrected chi connectivity index (χ1v) is 10.0. The van der Waals surface area contributed by atoms with Gasteiger partial charge in [-0.15, -0.1) is 0 Å². The number of carbonyl (C=O) groups excluding carboxylic acids is 1. The number of esters is 1. The van der Waals surface area contributed by atoms with E-state index in [1.54, 1.807) is 7.11 Å². The standard InChI is InChI=1S/C21H34N2O5/c1-26-12-4-9-22-14-17-5-3-6-20(13-17)28-16-19(24)15-23-10-7-18(8-11-23)21(25)27-2/h3,5-6,13,18-19,22,24H,4,7-12,14-16H2,1-2H3. The van der Waals surface area contributed by atoms with Crippen LogP contribution in [0.3, 0.4) is 0 Å². The number of ether oxygens (including phenoxy) is 3. The molecule has 2 N–H and O–H groups in total. The van der Waals surface area contributed by atoms with Gasteiger partial charge in [0.15, 0.2) is 0 Å². The number of aliphatic hydroxyl groups excluding tert-OH is 1. The van der Waals surface area contributed by atoms with Crippen LogP contribution in [0.5, 0.6) is 5.75 Å². The lowest BCUT2D eigenvalue weighted by Crippen LogP contribution is -2.42. The molecule has 1 aliphatic heterocycles. The van der Waals surface area contributed by atoms with Crippen LogP contribution in [0, 0.1) is 5.92 Å². The summed E-state index contributed by atoms with van der Waals surface area (Å²) in [5.41, 5.74) is 1.15. The highest BCUT2D eigenvalue weighted by Crippen LogP contribution is 2.19. The third kappa shape index (κ3) is 8.14. The summed E-state index contributed by atoms with van der Waals surface area (Å²) in [6, 6.07) is 7.92. The summed E-state index contributed by atoms with van der Waals surface area (Å²) in [6.45, 7) is 4.83. The van der Waals surface area contributed by atoms with Gasteiger partial charge in [0.05, 0.1) is 13.0 Å². The fraction of sp³-hybridized carbons (Fsp3) is 0.667. The Balaban J connectivity index is 1.66. The number of carbonyl (C=O) groups is 1. The van der Waals surface area contributed by atoms with Gasteiger partial charge in [0, 0.05) is 26.8 Å². The number of benzene rings is 1. The molecule has 1 aromatic rings. The van der Waals surface area contributed by atoms with Crippen LogP contribution in [0.2, 0.25) is 0 Å². The number of piperidine rings is 1. The Morgan fingerprint density at radius 1 is 1.32 bits per heavy atom. The van der Waals surface area contributed by atoms with Crippen molar-refractivity contribution in [3.05, 3.63) is 29.8 Å². The van der Waals surface area contributed by atoms with Crippen molar-refractivity contribution in [2.24, 2.45) is 5.92 Å². The maximum atomic E-state index is 11.6. The van der Waals surface area contributed by atoms with Crippen LogP contribution in [-0.2, 0) is 20.8 Å². The summed E-state index contributed by atoms with van der Waals surface area (Å²) >= 11 is 0. The summed E-state index contributed by atoms with van der Waals surface area (Å²) in [7, 11) is 3.14. The molecule has 1 unspecified atom stereocenters. The van der Waals surface area contributed by atoms with E-state index in [2.05, 4.69) is 16.3 Å². The van der Waals surface area contributed by atoms with Crippen LogP contribution in [0.4, 0.5) is 0 Å². The maximum Gasteiger partial charge on any atom is 0.308 e. The third-order valence-corrected chi connectivity index (χ3v) is 4.96. The molecule has 158 valence electrons. The fourth-order valence-electron chi connectivity index (χ4n) is 3.38. The predicted molar refractivity (Wildman–Crippen MR) is 107 cm³/mol. The van der Waals surface area contributed by atoms with Crippen LogP contribution in [-0.4, -0.2) is 75.7 Å². The molecule has 1 aromatic carbocycles. The Hall–Kier alpha value is -1.67. The molecule has 0 spiro atoms. The summed E-state index contributed by atoms with van der Waals surface area (Å²) in [6.07, 6.45) is 1.97. The topological polar surface area (TPSA) is 80.3 Å². The lowest BCUT2D eigenvalue weighted by molar-refractivity contribution is -0.147. The van der Waals surface area contributed by atoms with Gasteiger partial charge in [0.25, 0.3) is 0 Å². The van der Waals surface area contributed by atoms with E-state index in [1.807, 2.05) is 18.2 Å². The van der Waals surface area contributed by atoms with Crippen molar-refractivity contribution in [1.29, 1.82) is 0 Å². The molecule has 7 heteroatoms. The normalized spacial score (nSPS) is 16.7. The molecule has 1 aliphatic rings. The molecule has 1 atom stereocenters. The van der Waals surface area contributed by atoms with E-state index in [0.717, 1.165) is 63.4 Å². The second-order valence-corrected chi connectivity index (χ2v) is 7.23. The Labute approximate surface area is 168 Å². The number of nitrogens with zero attached hydrogens (tertiary/aromatic N) is 1. The van der Waals surface area contributed by atoms with Crippen LogP contribution < -0.4 is 10.1 Å². The lowest BCUT2D eigenvalue weighted by Gasteiger charge is -2.31. The van der Waals surface area contributed by atoms with E-state index in [-0.39, 0.29) is 18.5 Å². The third-order valence-electron chi connectivity index (χ3n) is 4.96. The highest BCUT2D eigenvalue weighted by molar-refractivity contribution is 5.72.